The Balaban J connectivity index is 1.58. The van der Waals surface area contributed by atoms with E-state index in [9.17, 15) is 18.0 Å². The highest BCUT2D eigenvalue weighted by Gasteiger charge is 2.36. The van der Waals surface area contributed by atoms with Gasteiger partial charge in [-0.15, -0.1) is 0 Å². The highest BCUT2D eigenvalue weighted by molar-refractivity contribution is 9.10. The minimum atomic E-state index is -4.16. The SMILES string of the molecule is Cc1ccc(S(=O)(=O)N(CC(=O)N(Cc2ccc(Br)cc2)C(Cc2ccccc2)C(=O)NC2CCCC2)c2ccc(C)cc2C)cc1. The van der Waals surface area contributed by atoms with Gasteiger partial charge in [0.1, 0.15) is 12.6 Å². The van der Waals surface area contributed by atoms with Crippen LogP contribution in [0.25, 0.3) is 0 Å². The Bertz CT molecular complexity index is 1790. The lowest BCUT2D eigenvalue weighted by molar-refractivity contribution is -0.140. The summed E-state index contributed by atoms with van der Waals surface area (Å²) >= 11 is 3.49. The minimum Gasteiger partial charge on any atom is -0.352 e. The first-order chi connectivity index (χ1) is 22.5. The Morgan fingerprint density at radius 3 is 2.11 bits per heavy atom. The lowest BCUT2D eigenvalue weighted by Gasteiger charge is -2.34. The molecule has 0 radical (unpaired) electrons. The van der Waals surface area contributed by atoms with Crippen LogP contribution in [0.15, 0.2) is 106 Å². The number of rotatable bonds is 12. The van der Waals surface area contributed by atoms with Crippen LogP contribution in [0.1, 0.15) is 53.5 Å². The van der Waals surface area contributed by atoms with E-state index < -0.39 is 28.5 Å². The van der Waals surface area contributed by atoms with Gasteiger partial charge < -0.3 is 10.2 Å². The van der Waals surface area contributed by atoms with Crippen molar-refractivity contribution in [2.75, 3.05) is 10.8 Å². The second kappa shape index (κ2) is 15.3. The van der Waals surface area contributed by atoms with Crippen LogP contribution in [-0.2, 0) is 32.6 Å². The first-order valence-electron chi connectivity index (χ1n) is 16.1. The van der Waals surface area contributed by atoms with Crippen molar-refractivity contribution in [3.63, 3.8) is 0 Å². The predicted octanol–water partition coefficient (Wildman–Crippen LogP) is 7.27. The molecule has 4 aromatic carbocycles. The number of carbonyl (C=O) groups is 2. The summed E-state index contributed by atoms with van der Waals surface area (Å²) in [6.07, 6.45) is 4.20. The van der Waals surface area contributed by atoms with Crippen LogP contribution in [0.5, 0.6) is 0 Å². The molecule has 0 bridgehead atoms. The Morgan fingerprint density at radius 1 is 0.830 bits per heavy atom. The molecular formula is C38H42BrN3O4S. The number of benzene rings is 4. The highest BCUT2D eigenvalue weighted by Crippen LogP contribution is 2.29. The van der Waals surface area contributed by atoms with Crippen LogP contribution >= 0.6 is 15.9 Å². The zero-order chi connectivity index (χ0) is 33.6. The zero-order valence-electron chi connectivity index (χ0n) is 27.2. The predicted molar refractivity (Wildman–Crippen MR) is 191 cm³/mol. The lowest BCUT2D eigenvalue weighted by Crippen LogP contribution is -2.54. The summed E-state index contributed by atoms with van der Waals surface area (Å²) in [4.78, 5) is 30.5. The van der Waals surface area contributed by atoms with E-state index in [0.717, 1.165) is 58.0 Å². The summed E-state index contributed by atoms with van der Waals surface area (Å²) in [6.45, 7) is 5.34. The molecule has 47 heavy (non-hydrogen) atoms. The van der Waals surface area contributed by atoms with Gasteiger partial charge in [-0.2, -0.15) is 0 Å². The highest BCUT2D eigenvalue weighted by atomic mass is 79.9. The van der Waals surface area contributed by atoms with Crippen molar-refractivity contribution in [3.05, 3.63) is 129 Å². The van der Waals surface area contributed by atoms with Crippen molar-refractivity contribution in [3.8, 4) is 0 Å². The average Bonchev–Trinajstić information content (AvgIpc) is 3.56. The van der Waals surface area contributed by atoms with Gasteiger partial charge in [-0.3, -0.25) is 13.9 Å². The van der Waals surface area contributed by atoms with Gasteiger partial charge in [-0.25, -0.2) is 8.42 Å². The molecule has 1 saturated carbocycles. The smallest absolute Gasteiger partial charge is 0.264 e. The molecule has 2 amide bonds. The lowest BCUT2D eigenvalue weighted by atomic mass is 10.0. The molecule has 1 fully saturated rings. The molecule has 246 valence electrons. The first kappa shape index (κ1) is 34.4. The topological polar surface area (TPSA) is 86.8 Å². The van der Waals surface area contributed by atoms with Crippen LogP contribution in [0.2, 0.25) is 0 Å². The molecule has 7 nitrogen and oxygen atoms in total. The molecule has 0 aliphatic heterocycles. The van der Waals surface area contributed by atoms with Gasteiger partial charge in [-0.05, 0) is 80.6 Å². The Hall–Kier alpha value is -3.95. The van der Waals surface area contributed by atoms with Gasteiger partial charge in [-0.1, -0.05) is 107 Å². The number of carbonyl (C=O) groups excluding carboxylic acids is 2. The molecule has 1 atom stereocenters. The largest absolute Gasteiger partial charge is 0.352 e. The number of halogens is 1. The van der Waals surface area contributed by atoms with Crippen molar-refractivity contribution in [2.24, 2.45) is 0 Å². The summed E-state index contributed by atoms with van der Waals surface area (Å²) in [5.41, 5.74) is 4.79. The van der Waals surface area contributed by atoms with Crippen LogP contribution in [0, 0.1) is 20.8 Å². The van der Waals surface area contributed by atoms with Gasteiger partial charge >= 0.3 is 0 Å². The van der Waals surface area contributed by atoms with Crippen molar-refractivity contribution in [2.45, 2.75) is 76.4 Å². The molecule has 0 spiro atoms. The molecule has 1 aliphatic rings. The summed E-state index contributed by atoms with van der Waals surface area (Å²) in [7, 11) is -4.16. The first-order valence-corrected chi connectivity index (χ1v) is 18.3. The van der Waals surface area contributed by atoms with Crippen LogP contribution in [-0.4, -0.2) is 43.8 Å². The second-order valence-electron chi connectivity index (χ2n) is 12.5. The molecule has 1 unspecified atom stereocenters. The fourth-order valence-electron chi connectivity index (χ4n) is 6.14. The third-order valence-electron chi connectivity index (χ3n) is 8.75. The van der Waals surface area contributed by atoms with Crippen molar-refractivity contribution >= 4 is 43.5 Å². The van der Waals surface area contributed by atoms with Gasteiger partial charge in [0, 0.05) is 23.5 Å². The number of hydrogen-bond acceptors (Lipinski definition) is 4. The van der Waals surface area contributed by atoms with Gasteiger partial charge in [0.15, 0.2) is 0 Å². The molecule has 0 heterocycles. The van der Waals surface area contributed by atoms with E-state index in [1.54, 1.807) is 35.2 Å². The normalized spacial score (nSPS) is 14.0. The summed E-state index contributed by atoms with van der Waals surface area (Å²) < 4.78 is 30.7. The molecule has 4 aromatic rings. The number of amides is 2. The fourth-order valence-corrected chi connectivity index (χ4v) is 7.89. The summed E-state index contributed by atoms with van der Waals surface area (Å²) in [5.74, 6) is -0.697. The number of hydrogen-bond donors (Lipinski definition) is 1. The van der Waals surface area contributed by atoms with Crippen molar-refractivity contribution in [1.82, 2.24) is 10.2 Å². The van der Waals surface area contributed by atoms with Gasteiger partial charge in [0.25, 0.3) is 10.0 Å². The Kier molecular flexibility index (Phi) is 11.2. The van der Waals surface area contributed by atoms with Gasteiger partial charge in [0.05, 0.1) is 10.6 Å². The maximum Gasteiger partial charge on any atom is 0.264 e. The standard InChI is InChI=1S/C38H42BrN3O4S/c1-27-13-20-34(21-14-27)47(45,46)42(35-22-15-28(2)23-29(35)3)26-37(43)41(25-31-16-18-32(39)19-17-31)36(24-30-9-5-4-6-10-30)38(44)40-33-11-7-8-12-33/h4-6,9-10,13-23,33,36H,7-8,11-12,24-26H2,1-3H3,(H,40,44). The van der Waals surface area contributed by atoms with Crippen LogP contribution in [0.4, 0.5) is 5.69 Å². The molecule has 1 N–H and O–H groups in total. The van der Waals surface area contributed by atoms with E-state index in [1.165, 1.54) is 4.31 Å². The Morgan fingerprint density at radius 2 is 1.47 bits per heavy atom. The number of aryl methyl sites for hydroxylation is 3. The molecule has 9 heteroatoms. The molecular weight excluding hydrogens is 674 g/mol. The van der Waals surface area contributed by atoms with E-state index >= 15 is 0 Å². The number of nitrogens with zero attached hydrogens (tertiary/aromatic N) is 2. The van der Waals surface area contributed by atoms with E-state index in [-0.39, 0.29) is 29.8 Å². The van der Waals surface area contributed by atoms with E-state index in [1.807, 2.05) is 87.5 Å². The van der Waals surface area contributed by atoms with E-state index in [0.29, 0.717) is 5.69 Å². The molecule has 0 saturated heterocycles. The van der Waals surface area contributed by atoms with Crippen LogP contribution < -0.4 is 9.62 Å². The third kappa shape index (κ3) is 8.70. The van der Waals surface area contributed by atoms with E-state index in [2.05, 4.69) is 21.2 Å². The Labute approximate surface area is 287 Å². The summed E-state index contributed by atoms with van der Waals surface area (Å²) in [6, 6.07) is 28.6. The van der Waals surface area contributed by atoms with Crippen molar-refractivity contribution in [1.29, 1.82) is 0 Å². The fraction of sp³-hybridized carbons (Fsp3) is 0.316. The summed E-state index contributed by atoms with van der Waals surface area (Å²) in [5, 5.41) is 3.22. The monoisotopic (exact) mass is 715 g/mol. The zero-order valence-corrected chi connectivity index (χ0v) is 29.6. The van der Waals surface area contributed by atoms with Crippen LogP contribution in [0.3, 0.4) is 0 Å². The van der Waals surface area contributed by atoms with Crippen molar-refractivity contribution < 1.29 is 18.0 Å². The van der Waals surface area contributed by atoms with E-state index in [4.69, 9.17) is 0 Å². The molecule has 0 aromatic heterocycles. The minimum absolute atomic E-state index is 0.0547. The maximum atomic E-state index is 14.7. The third-order valence-corrected chi connectivity index (χ3v) is 11.1. The maximum absolute atomic E-state index is 14.7. The molecule has 1 aliphatic carbocycles. The van der Waals surface area contributed by atoms with Gasteiger partial charge in [0.2, 0.25) is 11.8 Å². The second-order valence-corrected chi connectivity index (χ2v) is 15.2. The quantitative estimate of drug-likeness (QED) is 0.167. The molecule has 5 rings (SSSR count). The number of nitrogens with one attached hydrogen (secondary N) is 1. The average molecular weight is 717 g/mol. The number of sulfonamides is 1. The number of anilines is 1.